The highest BCUT2D eigenvalue weighted by Gasteiger charge is 2.30. The minimum Gasteiger partial charge on any atom is -0.493 e. The average Bonchev–Trinajstić information content (AvgIpc) is 3.37. The van der Waals surface area contributed by atoms with Gasteiger partial charge in [-0.15, -0.1) is 0 Å². The Morgan fingerprint density at radius 1 is 1.05 bits per heavy atom. The Bertz CT molecular complexity index is 1820. The van der Waals surface area contributed by atoms with Crippen molar-refractivity contribution in [2.75, 3.05) is 19.7 Å². The van der Waals surface area contributed by atoms with Gasteiger partial charge in [0.25, 0.3) is 11.5 Å². The maximum atomic E-state index is 13.6. The van der Waals surface area contributed by atoms with Gasteiger partial charge in [0.05, 0.1) is 40.4 Å². The van der Waals surface area contributed by atoms with Crippen molar-refractivity contribution in [1.82, 2.24) is 29.7 Å². The minimum absolute atomic E-state index is 0.0459. The number of H-pyrrole nitrogens is 1. The van der Waals surface area contributed by atoms with Crippen molar-refractivity contribution in [2.45, 2.75) is 45.8 Å². The first-order valence-corrected chi connectivity index (χ1v) is 14.3. The van der Waals surface area contributed by atoms with Crippen LogP contribution in [0, 0.1) is 5.82 Å². The summed E-state index contributed by atoms with van der Waals surface area (Å²) < 4.78 is 21.3. The Labute approximate surface area is 242 Å². The first kappa shape index (κ1) is 27.6. The van der Waals surface area contributed by atoms with E-state index in [1.165, 1.54) is 12.1 Å². The van der Waals surface area contributed by atoms with Crippen LogP contribution in [0.1, 0.15) is 43.1 Å². The van der Waals surface area contributed by atoms with Crippen LogP contribution < -0.4 is 15.6 Å². The van der Waals surface area contributed by atoms with Crippen molar-refractivity contribution in [1.29, 1.82) is 0 Å². The van der Waals surface area contributed by atoms with E-state index in [-0.39, 0.29) is 29.4 Å². The molecular formula is C32H33FN6O3. The summed E-state index contributed by atoms with van der Waals surface area (Å²) in [6.45, 7) is 8.50. The van der Waals surface area contributed by atoms with Gasteiger partial charge < -0.3 is 24.5 Å². The zero-order valence-electron chi connectivity index (χ0n) is 23.9. The van der Waals surface area contributed by atoms with Crippen LogP contribution in [0.25, 0.3) is 33.3 Å². The van der Waals surface area contributed by atoms with E-state index < -0.39 is 0 Å². The van der Waals surface area contributed by atoms with Gasteiger partial charge in [-0.05, 0) is 68.3 Å². The Morgan fingerprint density at radius 2 is 1.81 bits per heavy atom. The molecule has 6 rings (SSSR count). The van der Waals surface area contributed by atoms with Crippen LogP contribution >= 0.6 is 0 Å². The number of amides is 1. The Balaban J connectivity index is 1.41. The van der Waals surface area contributed by atoms with Gasteiger partial charge in [-0.25, -0.2) is 14.4 Å². The molecule has 2 unspecified atom stereocenters. The smallest absolute Gasteiger partial charge is 0.259 e. The lowest BCUT2D eigenvalue weighted by Gasteiger charge is -2.39. The lowest BCUT2D eigenvalue weighted by molar-refractivity contribution is 0.0544. The molecule has 3 heterocycles. The summed E-state index contributed by atoms with van der Waals surface area (Å²) in [5.74, 6) is 0.498. The van der Waals surface area contributed by atoms with Gasteiger partial charge >= 0.3 is 0 Å². The highest BCUT2D eigenvalue weighted by Crippen LogP contribution is 2.31. The summed E-state index contributed by atoms with van der Waals surface area (Å²) in [5.41, 5.74) is 3.59. The van der Waals surface area contributed by atoms with Crippen molar-refractivity contribution in [2.24, 2.45) is 0 Å². The van der Waals surface area contributed by atoms with Crippen LogP contribution in [0.5, 0.6) is 5.75 Å². The molecule has 9 nitrogen and oxygen atoms in total. The van der Waals surface area contributed by atoms with Crippen molar-refractivity contribution in [3.63, 3.8) is 0 Å². The molecule has 1 fully saturated rings. The predicted octanol–water partition coefficient (Wildman–Crippen LogP) is 4.74. The van der Waals surface area contributed by atoms with Crippen LogP contribution in [0.2, 0.25) is 0 Å². The lowest BCUT2D eigenvalue weighted by atomic mass is 10.0. The van der Waals surface area contributed by atoms with E-state index in [1.54, 1.807) is 48.8 Å². The van der Waals surface area contributed by atoms with E-state index in [0.717, 1.165) is 30.6 Å². The largest absolute Gasteiger partial charge is 0.493 e. The van der Waals surface area contributed by atoms with Crippen molar-refractivity contribution >= 4 is 27.8 Å². The normalized spacial score (nSPS) is 17.2. The highest BCUT2D eigenvalue weighted by atomic mass is 19.1. The number of hydrogen-bond acceptors (Lipinski definition) is 6. The molecule has 0 saturated carbocycles. The zero-order valence-corrected chi connectivity index (χ0v) is 23.9. The van der Waals surface area contributed by atoms with Gasteiger partial charge in [0.2, 0.25) is 0 Å². The molecular weight excluding hydrogens is 535 g/mol. The number of imidazole rings is 1. The summed E-state index contributed by atoms with van der Waals surface area (Å²) in [6.07, 6.45) is 2.50. The number of carbonyl (C=O) groups excluding carboxylic acids is 1. The molecule has 1 aliphatic rings. The van der Waals surface area contributed by atoms with Gasteiger partial charge in [0.1, 0.15) is 17.4 Å². The van der Waals surface area contributed by atoms with Crippen molar-refractivity contribution < 1.29 is 13.9 Å². The van der Waals surface area contributed by atoms with Crippen LogP contribution in [-0.4, -0.2) is 62.1 Å². The van der Waals surface area contributed by atoms with Crippen LogP contribution in [-0.2, 0) is 6.54 Å². The van der Waals surface area contributed by atoms with E-state index in [9.17, 15) is 14.0 Å². The highest BCUT2D eigenvalue weighted by molar-refractivity contribution is 5.97. The van der Waals surface area contributed by atoms with Gasteiger partial charge in [-0.3, -0.25) is 9.59 Å². The molecule has 3 aromatic carbocycles. The molecule has 42 heavy (non-hydrogen) atoms. The molecule has 5 aromatic rings. The molecule has 2 N–H and O–H groups in total. The SMILES string of the molecule is CCCOc1ccc(C(=O)N2C(C)CNCC2C)cc1-c1nc2cc3ncn(Cc4ccc(F)cc4)c3cc2c(=O)[nH]1. The number of nitrogens with zero attached hydrogens (tertiary/aromatic N) is 4. The van der Waals surface area contributed by atoms with E-state index in [1.807, 2.05) is 30.2 Å². The number of hydrogen-bond donors (Lipinski definition) is 2. The summed E-state index contributed by atoms with van der Waals surface area (Å²) in [7, 11) is 0. The summed E-state index contributed by atoms with van der Waals surface area (Å²) >= 11 is 0. The standard InChI is InChI=1S/C32H33FN6O3/c1-4-11-42-29-10-7-22(32(41)39-19(2)15-34-16-20(39)3)12-25(29)30-36-26-14-27-28(13-24(26)31(40)37-30)38(18-35-27)17-21-5-8-23(33)9-6-21/h5-10,12-14,18-20,34H,4,11,15-17H2,1-3H3,(H,36,37,40). The molecule has 1 amide bonds. The first-order valence-electron chi connectivity index (χ1n) is 14.3. The van der Waals surface area contributed by atoms with E-state index in [2.05, 4.69) is 15.3 Å². The fourth-order valence-electron chi connectivity index (χ4n) is 5.60. The first-order chi connectivity index (χ1) is 20.3. The van der Waals surface area contributed by atoms with Crippen LogP contribution in [0.4, 0.5) is 4.39 Å². The molecule has 1 saturated heterocycles. The summed E-state index contributed by atoms with van der Waals surface area (Å²) in [6, 6.07) is 15.3. The molecule has 2 atom stereocenters. The number of aromatic amines is 1. The van der Waals surface area contributed by atoms with Crippen LogP contribution in [0.3, 0.4) is 0 Å². The predicted molar refractivity (Wildman–Crippen MR) is 160 cm³/mol. The maximum Gasteiger partial charge on any atom is 0.259 e. The van der Waals surface area contributed by atoms with Gasteiger partial charge in [0, 0.05) is 37.3 Å². The Morgan fingerprint density at radius 3 is 2.55 bits per heavy atom. The van der Waals surface area contributed by atoms with E-state index in [0.29, 0.717) is 52.3 Å². The summed E-state index contributed by atoms with van der Waals surface area (Å²) in [4.78, 5) is 41.2. The number of ether oxygens (including phenoxy) is 1. The zero-order chi connectivity index (χ0) is 29.4. The maximum absolute atomic E-state index is 13.6. The van der Waals surface area contributed by atoms with Gasteiger partial charge in [-0.2, -0.15) is 0 Å². The quantitative estimate of drug-likeness (QED) is 0.294. The number of halogens is 1. The lowest BCUT2D eigenvalue weighted by Crippen LogP contribution is -2.57. The molecule has 0 radical (unpaired) electrons. The third-order valence-corrected chi connectivity index (χ3v) is 7.72. The minimum atomic E-state index is -0.311. The second-order valence-corrected chi connectivity index (χ2v) is 10.9. The number of carbonyl (C=O) groups is 1. The topological polar surface area (TPSA) is 105 Å². The number of rotatable bonds is 7. The van der Waals surface area contributed by atoms with Crippen molar-refractivity contribution in [3.8, 4) is 17.1 Å². The number of benzene rings is 3. The average molecular weight is 569 g/mol. The number of nitrogens with one attached hydrogen (secondary N) is 2. The molecule has 0 aliphatic carbocycles. The van der Waals surface area contributed by atoms with Gasteiger partial charge in [-0.1, -0.05) is 19.1 Å². The molecule has 2 aromatic heterocycles. The number of aromatic nitrogens is 4. The molecule has 216 valence electrons. The second kappa shape index (κ2) is 11.4. The van der Waals surface area contributed by atoms with Crippen molar-refractivity contribution in [3.05, 3.63) is 88.2 Å². The molecule has 0 bridgehead atoms. The fourth-order valence-corrected chi connectivity index (χ4v) is 5.60. The van der Waals surface area contributed by atoms with Crippen LogP contribution in [0.15, 0.2) is 65.7 Å². The molecule has 0 spiro atoms. The Hall–Kier alpha value is -4.57. The van der Waals surface area contributed by atoms with E-state index >= 15 is 0 Å². The number of piperazine rings is 1. The molecule has 10 heteroatoms. The third kappa shape index (κ3) is 5.25. The van der Waals surface area contributed by atoms with Gasteiger partial charge in [0.15, 0.2) is 0 Å². The molecule has 1 aliphatic heterocycles. The summed E-state index contributed by atoms with van der Waals surface area (Å²) in [5, 5.41) is 3.77. The third-order valence-electron chi connectivity index (χ3n) is 7.72. The number of fused-ring (bicyclic) bond motifs is 2. The Kier molecular flexibility index (Phi) is 7.47. The fraction of sp³-hybridized carbons (Fsp3) is 0.312. The van der Waals surface area contributed by atoms with E-state index in [4.69, 9.17) is 9.72 Å². The second-order valence-electron chi connectivity index (χ2n) is 10.9. The monoisotopic (exact) mass is 568 g/mol.